The largest absolute Gasteiger partial charge is 0.379 e. The summed E-state index contributed by atoms with van der Waals surface area (Å²) in [6.45, 7) is 5.63. The summed E-state index contributed by atoms with van der Waals surface area (Å²) < 4.78 is 5.43. The molecule has 0 spiro atoms. The lowest BCUT2D eigenvalue weighted by Gasteiger charge is -2.08. The molecule has 90 valence electrons. The zero-order valence-corrected chi connectivity index (χ0v) is 10.8. The third kappa shape index (κ3) is 5.27. The van der Waals surface area contributed by atoms with E-state index in [-0.39, 0.29) is 0 Å². The highest BCUT2D eigenvalue weighted by Crippen LogP contribution is 2.07. The number of nitrogens with one attached hydrogen (secondary N) is 1. The zero-order valence-electron chi connectivity index (χ0n) is 9.93. The molecular weight excluding hydrogens is 224 g/mol. The molecule has 5 nitrogen and oxygen atoms in total. The first-order valence-electron chi connectivity index (χ1n) is 5.31. The molecule has 0 unspecified atom stereocenters. The van der Waals surface area contributed by atoms with E-state index in [9.17, 15) is 0 Å². The molecule has 0 bridgehead atoms. The molecule has 0 saturated heterocycles. The summed E-state index contributed by atoms with van der Waals surface area (Å²) in [7, 11) is 0. The van der Waals surface area contributed by atoms with Crippen molar-refractivity contribution >= 4 is 17.7 Å². The number of thioether (sulfide) groups is 1. The molecule has 16 heavy (non-hydrogen) atoms. The third-order valence-corrected chi connectivity index (χ3v) is 2.35. The minimum atomic E-state index is 0.292. The Morgan fingerprint density at radius 3 is 2.94 bits per heavy atom. The quantitative estimate of drug-likeness (QED) is 0.581. The maximum atomic E-state index is 5.43. The molecule has 0 aliphatic heterocycles. The maximum absolute atomic E-state index is 5.43. The molecule has 0 aliphatic carbocycles. The van der Waals surface area contributed by atoms with Crippen molar-refractivity contribution in [3.63, 3.8) is 0 Å². The minimum Gasteiger partial charge on any atom is -0.379 e. The summed E-state index contributed by atoms with van der Waals surface area (Å²) >= 11 is 1.50. The minimum absolute atomic E-state index is 0.292. The molecule has 0 aliphatic rings. The number of rotatable bonds is 7. The first-order valence-corrected chi connectivity index (χ1v) is 6.53. The Kier molecular flexibility index (Phi) is 6.10. The van der Waals surface area contributed by atoms with Crippen molar-refractivity contribution in [2.24, 2.45) is 0 Å². The van der Waals surface area contributed by atoms with Gasteiger partial charge in [0.05, 0.1) is 6.10 Å². The van der Waals surface area contributed by atoms with Crippen LogP contribution in [0.4, 0.5) is 5.95 Å². The summed E-state index contributed by atoms with van der Waals surface area (Å²) in [5.41, 5.74) is 0. The molecule has 0 amide bonds. The Labute approximate surface area is 100 Å². The molecule has 0 radical (unpaired) electrons. The smallest absolute Gasteiger partial charge is 0.226 e. The highest BCUT2D eigenvalue weighted by molar-refractivity contribution is 7.98. The van der Waals surface area contributed by atoms with Crippen molar-refractivity contribution in [2.45, 2.75) is 31.5 Å². The van der Waals surface area contributed by atoms with Gasteiger partial charge in [0.25, 0.3) is 0 Å². The molecule has 0 aromatic carbocycles. The van der Waals surface area contributed by atoms with Gasteiger partial charge in [-0.05, 0) is 26.5 Å². The van der Waals surface area contributed by atoms with Crippen LogP contribution in [0.1, 0.15) is 20.3 Å². The first kappa shape index (κ1) is 13.2. The highest BCUT2D eigenvalue weighted by Gasteiger charge is 1.98. The molecule has 1 aromatic rings. The van der Waals surface area contributed by atoms with Crippen LogP contribution in [-0.2, 0) is 4.74 Å². The SMILES string of the molecule is CSc1ncnc(NCCCOC(C)C)n1. The van der Waals surface area contributed by atoms with Gasteiger partial charge in [0.2, 0.25) is 5.95 Å². The molecule has 0 saturated carbocycles. The Balaban J connectivity index is 2.21. The van der Waals surface area contributed by atoms with Crippen LogP contribution in [0, 0.1) is 0 Å². The summed E-state index contributed by atoms with van der Waals surface area (Å²) in [4.78, 5) is 12.2. The lowest BCUT2D eigenvalue weighted by Crippen LogP contribution is -2.11. The fraction of sp³-hybridized carbons (Fsp3) is 0.700. The number of hydrogen-bond acceptors (Lipinski definition) is 6. The average Bonchev–Trinajstić information content (AvgIpc) is 2.28. The topological polar surface area (TPSA) is 59.9 Å². The van der Waals surface area contributed by atoms with Crippen molar-refractivity contribution in [1.29, 1.82) is 0 Å². The molecule has 0 fully saturated rings. The second kappa shape index (κ2) is 7.40. The first-order chi connectivity index (χ1) is 7.72. The van der Waals surface area contributed by atoms with E-state index in [0.29, 0.717) is 12.1 Å². The Hall–Kier alpha value is -0.880. The predicted octanol–water partition coefficient (Wildman–Crippen LogP) is 1.82. The van der Waals surface area contributed by atoms with E-state index in [1.54, 1.807) is 0 Å². The Morgan fingerprint density at radius 2 is 2.25 bits per heavy atom. The molecular formula is C10H18N4OS. The van der Waals surface area contributed by atoms with Crippen molar-refractivity contribution in [3.8, 4) is 0 Å². The van der Waals surface area contributed by atoms with Gasteiger partial charge in [-0.25, -0.2) is 9.97 Å². The van der Waals surface area contributed by atoms with Gasteiger partial charge in [0.1, 0.15) is 6.33 Å². The van der Waals surface area contributed by atoms with Gasteiger partial charge in [0, 0.05) is 13.2 Å². The van der Waals surface area contributed by atoms with Crippen LogP contribution in [0.25, 0.3) is 0 Å². The Bertz CT molecular complexity index is 309. The summed E-state index contributed by atoms with van der Waals surface area (Å²) in [6, 6.07) is 0. The van der Waals surface area contributed by atoms with E-state index in [1.807, 2.05) is 20.1 Å². The summed E-state index contributed by atoms with van der Waals surface area (Å²) in [5.74, 6) is 0.629. The molecule has 0 atom stereocenters. The van der Waals surface area contributed by atoms with Crippen molar-refractivity contribution in [3.05, 3.63) is 6.33 Å². The van der Waals surface area contributed by atoms with Crippen molar-refractivity contribution < 1.29 is 4.74 Å². The maximum Gasteiger partial charge on any atom is 0.226 e. The van der Waals surface area contributed by atoms with E-state index < -0.39 is 0 Å². The van der Waals surface area contributed by atoms with Gasteiger partial charge < -0.3 is 10.1 Å². The molecule has 1 rings (SSSR count). The van der Waals surface area contributed by atoms with Gasteiger partial charge >= 0.3 is 0 Å². The number of ether oxygens (including phenoxy) is 1. The fourth-order valence-electron chi connectivity index (χ4n) is 1.06. The van der Waals surface area contributed by atoms with Crippen LogP contribution >= 0.6 is 11.8 Å². The number of nitrogens with zero attached hydrogens (tertiary/aromatic N) is 3. The number of anilines is 1. The van der Waals surface area contributed by atoms with Crippen LogP contribution in [0.15, 0.2) is 11.5 Å². The normalized spacial score (nSPS) is 10.8. The number of hydrogen-bond donors (Lipinski definition) is 1. The van der Waals surface area contributed by atoms with Crippen molar-refractivity contribution in [1.82, 2.24) is 15.0 Å². The van der Waals surface area contributed by atoms with Crippen LogP contribution < -0.4 is 5.32 Å². The second-order valence-corrected chi connectivity index (χ2v) is 4.27. The summed E-state index contributed by atoms with van der Waals surface area (Å²) in [5, 5.41) is 3.87. The van der Waals surface area contributed by atoms with Crippen LogP contribution in [0.5, 0.6) is 0 Å². The monoisotopic (exact) mass is 242 g/mol. The van der Waals surface area contributed by atoms with E-state index in [2.05, 4.69) is 20.3 Å². The zero-order chi connectivity index (χ0) is 11.8. The van der Waals surface area contributed by atoms with Gasteiger partial charge in [-0.2, -0.15) is 4.98 Å². The molecule has 1 heterocycles. The fourth-order valence-corrected chi connectivity index (χ4v) is 1.39. The number of aromatic nitrogens is 3. The highest BCUT2D eigenvalue weighted by atomic mass is 32.2. The van der Waals surface area contributed by atoms with E-state index >= 15 is 0 Å². The predicted molar refractivity (Wildman–Crippen MR) is 65.8 cm³/mol. The van der Waals surface area contributed by atoms with E-state index in [0.717, 1.165) is 24.7 Å². The molecule has 1 aromatic heterocycles. The van der Waals surface area contributed by atoms with E-state index in [4.69, 9.17) is 4.74 Å². The lowest BCUT2D eigenvalue weighted by atomic mass is 10.4. The Morgan fingerprint density at radius 1 is 1.44 bits per heavy atom. The third-order valence-electron chi connectivity index (χ3n) is 1.79. The van der Waals surface area contributed by atoms with Gasteiger partial charge in [-0.3, -0.25) is 0 Å². The standard InChI is InChI=1S/C10H18N4OS/c1-8(2)15-6-4-5-11-9-12-7-13-10(14-9)16-3/h7-8H,4-6H2,1-3H3,(H,11,12,13,14). The van der Waals surface area contributed by atoms with E-state index in [1.165, 1.54) is 18.1 Å². The van der Waals surface area contributed by atoms with Crippen molar-refractivity contribution in [2.75, 3.05) is 24.7 Å². The van der Waals surface area contributed by atoms with Crippen LogP contribution in [0.2, 0.25) is 0 Å². The van der Waals surface area contributed by atoms with Gasteiger partial charge in [-0.1, -0.05) is 11.8 Å². The van der Waals surface area contributed by atoms with Gasteiger partial charge in [0.15, 0.2) is 5.16 Å². The van der Waals surface area contributed by atoms with Crippen LogP contribution in [-0.4, -0.2) is 40.5 Å². The average molecular weight is 242 g/mol. The van der Waals surface area contributed by atoms with Gasteiger partial charge in [-0.15, -0.1) is 0 Å². The van der Waals surface area contributed by atoms with Crippen LogP contribution in [0.3, 0.4) is 0 Å². The lowest BCUT2D eigenvalue weighted by molar-refractivity contribution is 0.0787. The second-order valence-electron chi connectivity index (χ2n) is 3.50. The summed E-state index contributed by atoms with van der Waals surface area (Å²) in [6.07, 6.45) is 4.69. The molecule has 6 heteroatoms. The molecule has 1 N–H and O–H groups in total.